The van der Waals surface area contributed by atoms with Crippen molar-refractivity contribution in [2.75, 3.05) is 19.6 Å². The predicted octanol–water partition coefficient (Wildman–Crippen LogP) is 4.78. The molecule has 1 fully saturated rings. The van der Waals surface area contributed by atoms with E-state index in [1.165, 1.54) is 0 Å². The number of nitrogens with one attached hydrogen (secondary N) is 1. The largest absolute Gasteiger partial charge is 0.361 e. The van der Waals surface area contributed by atoms with Gasteiger partial charge in [-0.3, -0.25) is 9.59 Å². The molecule has 1 aliphatic rings. The Morgan fingerprint density at radius 1 is 1.10 bits per heavy atom. The van der Waals surface area contributed by atoms with Gasteiger partial charge in [0.15, 0.2) is 0 Å². The molecule has 0 radical (unpaired) electrons. The number of hydrogen-bond acceptors (Lipinski definition) is 2. The molecular formula is C23H23Cl2N3O2. The molecule has 4 rings (SSSR count). The maximum Gasteiger partial charge on any atom is 0.254 e. The highest BCUT2D eigenvalue weighted by Crippen LogP contribution is 2.26. The molecule has 1 aromatic heterocycles. The highest BCUT2D eigenvalue weighted by Gasteiger charge is 2.33. The van der Waals surface area contributed by atoms with E-state index in [2.05, 4.69) is 11.1 Å². The minimum atomic E-state index is -0.140. The summed E-state index contributed by atoms with van der Waals surface area (Å²) < 4.78 is 0. The standard InChI is InChI=1S/C23H23Cl2N3O2/c1-2-22(29)27-7-8-28(23(30)15-9-17(24)12-18(25)10-15)19(14-27)11-16-13-26-21-6-4-3-5-20(16)21/h3-6,9-10,12-13,19,26H,2,7-8,11,14H2,1H3/t19-/m1/s1. The minimum absolute atomic E-state index is 0.108. The molecule has 2 heterocycles. The minimum Gasteiger partial charge on any atom is -0.361 e. The first-order chi connectivity index (χ1) is 14.5. The summed E-state index contributed by atoms with van der Waals surface area (Å²) in [5, 5.41) is 1.99. The number of carbonyl (C=O) groups excluding carboxylic acids is 2. The second-order valence-electron chi connectivity index (χ2n) is 7.57. The summed E-state index contributed by atoms with van der Waals surface area (Å²) in [6, 6.07) is 12.9. The van der Waals surface area contributed by atoms with Gasteiger partial charge in [0.05, 0.1) is 6.04 Å². The van der Waals surface area contributed by atoms with E-state index in [9.17, 15) is 9.59 Å². The molecular weight excluding hydrogens is 421 g/mol. The van der Waals surface area contributed by atoms with Crippen LogP contribution in [0.3, 0.4) is 0 Å². The third kappa shape index (κ3) is 4.18. The molecule has 0 saturated carbocycles. The normalized spacial score (nSPS) is 16.8. The molecule has 0 unspecified atom stereocenters. The van der Waals surface area contributed by atoms with Crippen molar-refractivity contribution in [2.45, 2.75) is 25.8 Å². The van der Waals surface area contributed by atoms with Gasteiger partial charge in [0.2, 0.25) is 5.91 Å². The molecule has 2 aromatic carbocycles. The van der Waals surface area contributed by atoms with Crippen LogP contribution in [0.4, 0.5) is 0 Å². The lowest BCUT2D eigenvalue weighted by atomic mass is 10.00. The summed E-state index contributed by atoms with van der Waals surface area (Å²) in [5.74, 6) is -0.00957. The van der Waals surface area contributed by atoms with Crippen LogP contribution in [0.25, 0.3) is 10.9 Å². The van der Waals surface area contributed by atoms with Gasteiger partial charge in [-0.25, -0.2) is 0 Å². The molecule has 0 bridgehead atoms. The lowest BCUT2D eigenvalue weighted by molar-refractivity contribution is -0.133. The first kappa shape index (κ1) is 20.8. The number of benzene rings is 2. The second kappa shape index (κ2) is 8.70. The van der Waals surface area contributed by atoms with Crippen molar-refractivity contribution >= 4 is 45.9 Å². The van der Waals surface area contributed by atoms with E-state index in [-0.39, 0.29) is 17.9 Å². The summed E-state index contributed by atoms with van der Waals surface area (Å²) in [6.07, 6.45) is 3.10. The fraction of sp³-hybridized carbons (Fsp3) is 0.304. The Morgan fingerprint density at radius 2 is 1.83 bits per heavy atom. The number of H-pyrrole nitrogens is 1. The van der Waals surface area contributed by atoms with Crippen molar-refractivity contribution in [1.29, 1.82) is 0 Å². The molecule has 156 valence electrons. The lowest BCUT2D eigenvalue weighted by Gasteiger charge is -2.41. The highest BCUT2D eigenvalue weighted by molar-refractivity contribution is 6.35. The van der Waals surface area contributed by atoms with E-state index in [1.54, 1.807) is 18.2 Å². The number of para-hydroxylation sites is 1. The van der Waals surface area contributed by atoms with Crippen molar-refractivity contribution in [3.63, 3.8) is 0 Å². The Morgan fingerprint density at radius 3 is 2.57 bits per heavy atom. The van der Waals surface area contributed by atoms with Gasteiger partial charge in [0, 0.05) is 58.8 Å². The first-order valence-corrected chi connectivity index (χ1v) is 10.8. The molecule has 0 spiro atoms. The number of carbonyl (C=O) groups is 2. The third-order valence-electron chi connectivity index (χ3n) is 5.64. The lowest BCUT2D eigenvalue weighted by Crippen LogP contribution is -2.57. The predicted molar refractivity (Wildman–Crippen MR) is 120 cm³/mol. The number of hydrogen-bond donors (Lipinski definition) is 1. The van der Waals surface area contributed by atoms with E-state index in [4.69, 9.17) is 23.2 Å². The number of fused-ring (bicyclic) bond motifs is 1. The van der Waals surface area contributed by atoms with Crippen LogP contribution in [0.1, 0.15) is 29.3 Å². The molecule has 1 saturated heterocycles. The second-order valence-corrected chi connectivity index (χ2v) is 8.44. The first-order valence-electron chi connectivity index (χ1n) is 10.1. The third-order valence-corrected chi connectivity index (χ3v) is 6.08. The zero-order valence-corrected chi connectivity index (χ0v) is 18.2. The van der Waals surface area contributed by atoms with E-state index in [0.29, 0.717) is 48.1 Å². The monoisotopic (exact) mass is 443 g/mol. The summed E-state index contributed by atoms with van der Waals surface area (Å²) in [7, 11) is 0. The number of rotatable bonds is 4. The van der Waals surface area contributed by atoms with E-state index < -0.39 is 0 Å². The van der Waals surface area contributed by atoms with Crippen LogP contribution >= 0.6 is 23.2 Å². The Balaban J connectivity index is 1.65. The van der Waals surface area contributed by atoms with Crippen LogP contribution in [-0.4, -0.2) is 52.3 Å². The van der Waals surface area contributed by atoms with Crippen LogP contribution in [0, 0.1) is 0 Å². The zero-order valence-electron chi connectivity index (χ0n) is 16.7. The quantitative estimate of drug-likeness (QED) is 0.630. The molecule has 3 aromatic rings. The number of aromatic amines is 1. The van der Waals surface area contributed by atoms with Crippen molar-refractivity contribution in [3.8, 4) is 0 Å². The molecule has 30 heavy (non-hydrogen) atoms. The van der Waals surface area contributed by atoms with Gasteiger partial charge in [-0.15, -0.1) is 0 Å². The van der Waals surface area contributed by atoms with Gasteiger partial charge in [-0.05, 0) is 36.2 Å². The van der Waals surface area contributed by atoms with Crippen LogP contribution in [-0.2, 0) is 11.2 Å². The van der Waals surface area contributed by atoms with Gasteiger partial charge in [-0.1, -0.05) is 48.3 Å². The van der Waals surface area contributed by atoms with Gasteiger partial charge in [-0.2, -0.15) is 0 Å². The van der Waals surface area contributed by atoms with E-state index >= 15 is 0 Å². The van der Waals surface area contributed by atoms with Crippen molar-refractivity contribution < 1.29 is 9.59 Å². The maximum atomic E-state index is 13.4. The fourth-order valence-electron chi connectivity index (χ4n) is 4.14. The van der Waals surface area contributed by atoms with Crippen LogP contribution in [0.2, 0.25) is 10.0 Å². The van der Waals surface area contributed by atoms with E-state index in [1.807, 2.05) is 41.1 Å². The number of piperazine rings is 1. The topological polar surface area (TPSA) is 56.4 Å². The smallest absolute Gasteiger partial charge is 0.254 e. The molecule has 2 amide bonds. The van der Waals surface area contributed by atoms with Crippen LogP contribution in [0.15, 0.2) is 48.7 Å². The zero-order chi connectivity index (χ0) is 21.3. The van der Waals surface area contributed by atoms with Gasteiger partial charge in [0.25, 0.3) is 5.91 Å². The van der Waals surface area contributed by atoms with Crippen LogP contribution in [0.5, 0.6) is 0 Å². The Kier molecular flexibility index (Phi) is 6.02. The molecule has 1 N–H and O–H groups in total. The number of halogens is 2. The Labute approximate surface area is 185 Å². The van der Waals surface area contributed by atoms with Crippen LogP contribution < -0.4 is 0 Å². The molecule has 1 atom stereocenters. The van der Waals surface area contributed by atoms with Gasteiger partial charge >= 0.3 is 0 Å². The summed E-state index contributed by atoms with van der Waals surface area (Å²) in [5.41, 5.74) is 2.65. The van der Waals surface area contributed by atoms with Gasteiger partial charge < -0.3 is 14.8 Å². The Hall–Kier alpha value is -2.50. The summed E-state index contributed by atoms with van der Waals surface area (Å²) >= 11 is 12.2. The van der Waals surface area contributed by atoms with Crippen molar-refractivity contribution in [1.82, 2.24) is 14.8 Å². The van der Waals surface area contributed by atoms with Crippen molar-refractivity contribution in [3.05, 3.63) is 69.8 Å². The SMILES string of the molecule is CCC(=O)N1CCN(C(=O)c2cc(Cl)cc(Cl)c2)[C@H](Cc2c[nH]c3ccccc23)C1. The summed E-state index contributed by atoms with van der Waals surface area (Å²) in [6.45, 7) is 3.37. The fourth-order valence-corrected chi connectivity index (χ4v) is 4.67. The van der Waals surface area contributed by atoms with E-state index in [0.717, 1.165) is 16.5 Å². The molecule has 5 nitrogen and oxygen atoms in total. The number of amides is 2. The Bertz CT molecular complexity index is 1070. The molecule has 0 aliphatic carbocycles. The average molecular weight is 444 g/mol. The average Bonchev–Trinajstić information content (AvgIpc) is 3.15. The van der Waals surface area contributed by atoms with Crippen molar-refractivity contribution in [2.24, 2.45) is 0 Å². The highest BCUT2D eigenvalue weighted by atomic mass is 35.5. The van der Waals surface area contributed by atoms with Gasteiger partial charge in [0.1, 0.15) is 0 Å². The number of aromatic nitrogens is 1. The summed E-state index contributed by atoms with van der Waals surface area (Å²) in [4.78, 5) is 32.7. The number of nitrogens with zero attached hydrogens (tertiary/aromatic N) is 2. The maximum absolute atomic E-state index is 13.4. The molecule has 7 heteroatoms. The molecule has 1 aliphatic heterocycles.